The number of rotatable bonds is 4. The molecule has 0 amide bonds. The van der Waals surface area contributed by atoms with Gasteiger partial charge in [0, 0.05) is 12.7 Å². The van der Waals surface area contributed by atoms with E-state index in [2.05, 4.69) is 17.2 Å². The summed E-state index contributed by atoms with van der Waals surface area (Å²) < 4.78 is 5.81. The van der Waals surface area contributed by atoms with Crippen LogP contribution in [0.2, 0.25) is 0 Å². The van der Waals surface area contributed by atoms with Gasteiger partial charge in [0.05, 0.1) is 18.4 Å². The monoisotopic (exact) mass is 242 g/mol. The molecule has 2 rings (SSSR count). The van der Waals surface area contributed by atoms with Gasteiger partial charge in [-0.15, -0.1) is 12.4 Å². The number of hydrogen-bond acceptors (Lipinski definition) is 3. The second-order valence-corrected chi connectivity index (χ2v) is 4.09. The second-order valence-electron chi connectivity index (χ2n) is 4.09. The number of nitrogens with one attached hydrogen (secondary N) is 1. The molecule has 1 aliphatic rings. The Bertz CT molecular complexity index is 288. The van der Waals surface area contributed by atoms with Gasteiger partial charge < -0.3 is 10.1 Å². The highest BCUT2D eigenvalue weighted by Crippen LogP contribution is 2.16. The van der Waals surface area contributed by atoms with Gasteiger partial charge in [-0.2, -0.15) is 0 Å². The minimum atomic E-state index is 0. The lowest BCUT2D eigenvalue weighted by Crippen LogP contribution is -2.15. The van der Waals surface area contributed by atoms with E-state index < -0.39 is 0 Å². The van der Waals surface area contributed by atoms with Gasteiger partial charge in [-0.1, -0.05) is 6.07 Å². The van der Waals surface area contributed by atoms with Crippen molar-refractivity contribution in [3.05, 3.63) is 30.1 Å². The highest BCUT2D eigenvalue weighted by Gasteiger charge is 2.16. The summed E-state index contributed by atoms with van der Waals surface area (Å²) in [5.41, 5.74) is 1.02. The van der Waals surface area contributed by atoms with Crippen LogP contribution in [-0.2, 0) is 4.74 Å². The summed E-state index contributed by atoms with van der Waals surface area (Å²) in [5, 5.41) is 3.34. The molecule has 0 radical (unpaired) electrons. The van der Waals surface area contributed by atoms with E-state index in [1.165, 1.54) is 6.42 Å². The van der Waals surface area contributed by atoms with Gasteiger partial charge in [0.15, 0.2) is 0 Å². The van der Waals surface area contributed by atoms with Crippen molar-refractivity contribution in [2.24, 2.45) is 5.92 Å². The molecule has 2 heterocycles. The minimum absolute atomic E-state index is 0. The van der Waals surface area contributed by atoms with Crippen molar-refractivity contribution in [3.63, 3.8) is 0 Å². The van der Waals surface area contributed by atoms with Crippen LogP contribution < -0.4 is 5.32 Å². The Kier molecular flexibility index (Phi) is 5.74. The summed E-state index contributed by atoms with van der Waals surface area (Å²) in [6.07, 6.45) is 3.15. The van der Waals surface area contributed by atoms with Crippen LogP contribution in [0.3, 0.4) is 0 Å². The highest BCUT2D eigenvalue weighted by molar-refractivity contribution is 5.85. The summed E-state index contributed by atoms with van der Waals surface area (Å²) in [4.78, 5) is 4.28. The number of pyridine rings is 1. The first-order valence-corrected chi connectivity index (χ1v) is 5.59. The summed E-state index contributed by atoms with van der Waals surface area (Å²) in [7, 11) is 0. The zero-order valence-electron chi connectivity index (χ0n) is 9.56. The van der Waals surface area contributed by atoms with E-state index in [0.717, 1.165) is 25.4 Å². The molecule has 0 bridgehead atoms. The van der Waals surface area contributed by atoms with E-state index in [1.807, 2.05) is 24.4 Å². The Morgan fingerprint density at radius 1 is 1.56 bits per heavy atom. The Balaban J connectivity index is 0.00000128. The average molecular weight is 243 g/mol. The van der Waals surface area contributed by atoms with Crippen LogP contribution in [0.5, 0.6) is 0 Å². The van der Waals surface area contributed by atoms with Crippen LogP contribution in [-0.4, -0.2) is 24.7 Å². The van der Waals surface area contributed by atoms with Gasteiger partial charge >= 0.3 is 0 Å². The Labute approximate surface area is 103 Å². The molecule has 0 aromatic carbocycles. The molecule has 16 heavy (non-hydrogen) atoms. The van der Waals surface area contributed by atoms with Crippen molar-refractivity contribution in [2.45, 2.75) is 19.4 Å². The number of aromatic nitrogens is 1. The maximum absolute atomic E-state index is 5.81. The Hall–Kier alpha value is -0.640. The minimum Gasteiger partial charge on any atom is -0.372 e. The van der Waals surface area contributed by atoms with Gasteiger partial charge in [-0.05, 0) is 37.9 Å². The van der Waals surface area contributed by atoms with E-state index in [9.17, 15) is 0 Å². The van der Waals surface area contributed by atoms with E-state index in [0.29, 0.717) is 5.92 Å². The SMILES string of the molecule is CC(OCC1CCNC1)c1ccccn1.Cl. The number of nitrogens with zero attached hydrogens (tertiary/aromatic N) is 1. The summed E-state index contributed by atoms with van der Waals surface area (Å²) >= 11 is 0. The molecule has 1 fully saturated rings. The molecule has 90 valence electrons. The van der Waals surface area contributed by atoms with Crippen molar-refractivity contribution in [1.29, 1.82) is 0 Å². The predicted octanol–water partition coefficient (Wildman–Crippen LogP) is 2.19. The van der Waals surface area contributed by atoms with Crippen molar-refractivity contribution in [3.8, 4) is 0 Å². The third-order valence-electron chi connectivity index (χ3n) is 2.85. The Morgan fingerprint density at radius 2 is 2.44 bits per heavy atom. The van der Waals surface area contributed by atoms with Crippen LogP contribution >= 0.6 is 12.4 Å². The summed E-state index contributed by atoms with van der Waals surface area (Å²) in [5.74, 6) is 0.677. The fraction of sp³-hybridized carbons (Fsp3) is 0.583. The lowest BCUT2D eigenvalue weighted by molar-refractivity contribution is 0.0410. The van der Waals surface area contributed by atoms with Gasteiger partial charge in [-0.25, -0.2) is 0 Å². The maximum atomic E-state index is 5.81. The smallest absolute Gasteiger partial charge is 0.0966 e. The molecule has 4 heteroatoms. The van der Waals surface area contributed by atoms with Crippen LogP contribution in [0.1, 0.15) is 25.1 Å². The first-order chi connectivity index (χ1) is 7.36. The topological polar surface area (TPSA) is 34.1 Å². The second kappa shape index (κ2) is 6.84. The fourth-order valence-corrected chi connectivity index (χ4v) is 1.84. The number of ether oxygens (including phenoxy) is 1. The molecule has 1 N–H and O–H groups in total. The molecule has 0 spiro atoms. The molecule has 1 saturated heterocycles. The fourth-order valence-electron chi connectivity index (χ4n) is 1.84. The zero-order valence-corrected chi connectivity index (χ0v) is 10.4. The van der Waals surface area contributed by atoms with Gasteiger partial charge in [0.25, 0.3) is 0 Å². The maximum Gasteiger partial charge on any atom is 0.0966 e. The molecule has 1 aromatic heterocycles. The van der Waals surface area contributed by atoms with Crippen molar-refractivity contribution < 1.29 is 4.74 Å². The number of hydrogen-bond donors (Lipinski definition) is 1. The predicted molar refractivity (Wildman–Crippen MR) is 66.8 cm³/mol. The molecule has 2 unspecified atom stereocenters. The lowest BCUT2D eigenvalue weighted by Gasteiger charge is -2.15. The molecule has 0 saturated carbocycles. The molecular formula is C12H19ClN2O. The van der Waals surface area contributed by atoms with Crippen molar-refractivity contribution in [2.75, 3.05) is 19.7 Å². The summed E-state index contributed by atoms with van der Waals surface area (Å²) in [6, 6.07) is 5.94. The Morgan fingerprint density at radius 3 is 3.06 bits per heavy atom. The third kappa shape index (κ3) is 3.74. The molecule has 1 aromatic rings. The quantitative estimate of drug-likeness (QED) is 0.879. The van der Waals surface area contributed by atoms with E-state index >= 15 is 0 Å². The van der Waals surface area contributed by atoms with Crippen LogP contribution in [0.25, 0.3) is 0 Å². The van der Waals surface area contributed by atoms with Gasteiger partial charge in [0.2, 0.25) is 0 Å². The lowest BCUT2D eigenvalue weighted by atomic mass is 10.1. The van der Waals surface area contributed by atoms with Crippen molar-refractivity contribution in [1.82, 2.24) is 10.3 Å². The van der Waals surface area contributed by atoms with E-state index in [1.54, 1.807) is 0 Å². The van der Waals surface area contributed by atoms with Gasteiger partial charge in [-0.3, -0.25) is 4.98 Å². The average Bonchev–Trinajstić information content (AvgIpc) is 2.80. The van der Waals surface area contributed by atoms with Gasteiger partial charge in [0.1, 0.15) is 0 Å². The zero-order chi connectivity index (χ0) is 10.5. The third-order valence-corrected chi connectivity index (χ3v) is 2.85. The highest BCUT2D eigenvalue weighted by atomic mass is 35.5. The standard InChI is InChI=1S/C12H18N2O.ClH/c1-10(12-4-2-3-6-14-12)15-9-11-5-7-13-8-11;/h2-4,6,10-11,13H,5,7-9H2,1H3;1H. The molecule has 0 aliphatic carbocycles. The normalized spacial score (nSPS) is 21.4. The van der Waals surface area contributed by atoms with Crippen molar-refractivity contribution >= 4 is 12.4 Å². The first-order valence-electron chi connectivity index (χ1n) is 5.59. The van der Waals surface area contributed by atoms with E-state index in [4.69, 9.17) is 4.74 Å². The molecule has 2 atom stereocenters. The van der Waals surface area contributed by atoms with Crippen LogP contribution in [0, 0.1) is 5.92 Å². The largest absolute Gasteiger partial charge is 0.372 e. The van der Waals surface area contributed by atoms with Crippen LogP contribution in [0.15, 0.2) is 24.4 Å². The van der Waals surface area contributed by atoms with Crippen LogP contribution in [0.4, 0.5) is 0 Å². The number of halogens is 1. The van der Waals surface area contributed by atoms with E-state index in [-0.39, 0.29) is 18.5 Å². The molecule has 3 nitrogen and oxygen atoms in total. The first kappa shape index (κ1) is 13.4. The summed E-state index contributed by atoms with van der Waals surface area (Å²) in [6.45, 7) is 5.12. The molecule has 1 aliphatic heterocycles. The molecular weight excluding hydrogens is 224 g/mol.